The molecule has 0 saturated carbocycles. The molecular formula is C13H24ClN3O. The van der Waals surface area contributed by atoms with Crippen LogP contribution in [0, 0.1) is 0 Å². The zero-order chi connectivity index (χ0) is 13.9. The summed E-state index contributed by atoms with van der Waals surface area (Å²) in [6.45, 7) is 10.0. The molecule has 5 heteroatoms. The minimum Gasteiger partial charge on any atom is -0.389 e. The zero-order valence-electron chi connectivity index (χ0n) is 12.0. The largest absolute Gasteiger partial charge is 0.389 e. The Morgan fingerprint density at radius 3 is 2.44 bits per heavy atom. The number of rotatable bonds is 6. The van der Waals surface area contributed by atoms with Crippen LogP contribution in [0.1, 0.15) is 39.0 Å². The summed E-state index contributed by atoms with van der Waals surface area (Å²) >= 11 is 6.28. The maximum absolute atomic E-state index is 9.90. The van der Waals surface area contributed by atoms with E-state index in [9.17, 15) is 5.11 Å². The summed E-state index contributed by atoms with van der Waals surface area (Å²) in [5.41, 5.74) is 1.42. The van der Waals surface area contributed by atoms with Crippen LogP contribution >= 0.6 is 11.6 Å². The number of aryl methyl sites for hydroxylation is 2. The second-order valence-corrected chi connectivity index (χ2v) is 5.67. The van der Waals surface area contributed by atoms with Crippen molar-refractivity contribution in [3.63, 3.8) is 0 Å². The van der Waals surface area contributed by atoms with Gasteiger partial charge in [-0.2, -0.15) is 5.10 Å². The molecule has 1 aromatic rings. The van der Waals surface area contributed by atoms with Gasteiger partial charge < -0.3 is 5.11 Å². The smallest absolute Gasteiger partial charge is 0.131 e. The van der Waals surface area contributed by atoms with E-state index >= 15 is 0 Å². The Morgan fingerprint density at radius 1 is 1.39 bits per heavy atom. The summed E-state index contributed by atoms with van der Waals surface area (Å²) in [7, 11) is 1.86. The van der Waals surface area contributed by atoms with Crippen LogP contribution in [0.5, 0.6) is 0 Å². The van der Waals surface area contributed by atoms with Crippen LogP contribution in [0.15, 0.2) is 0 Å². The van der Waals surface area contributed by atoms with Crippen molar-refractivity contribution in [2.45, 2.75) is 46.3 Å². The molecule has 0 aliphatic carbocycles. The van der Waals surface area contributed by atoms with Crippen molar-refractivity contribution in [3.05, 3.63) is 16.4 Å². The first kappa shape index (κ1) is 15.5. The van der Waals surface area contributed by atoms with Crippen LogP contribution in [0.2, 0.25) is 5.15 Å². The molecule has 4 nitrogen and oxygen atoms in total. The molecule has 104 valence electrons. The summed E-state index contributed by atoms with van der Waals surface area (Å²) in [5, 5.41) is 15.0. The van der Waals surface area contributed by atoms with Crippen LogP contribution in [0.25, 0.3) is 0 Å². The maximum Gasteiger partial charge on any atom is 0.131 e. The van der Waals surface area contributed by atoms with Gasteiger partial charge >= 0.3 is 0 Å². The third-order valence-electron chi connectivity index (χ3n) is 2.93. The number of hydrogen-bond acceptors (Lipinski definition) is 3. The Labute approximate surface area is 115 Å². The molecule has 0 saturated heterocycles. The first-order valence-corrected chi connectivity index (χ1v) is 6.81. The van der Waals surface area contributed by atoms with E-state index in [-0.39, 0.29) is 0 Å². The fourth-order valence-corrected chi connectivity index (χ4v) is 2.30. The summed E-state index contributed by atoms with van der Waals surface area (Å²) in [6, 6.07) is 0. The van der Waals surface area contributed by atoms with Crippen LogP contribution in [0.3, 0.4) is 0 Å². The van der Waals surface area contributed by atoms with Gasteiger partial charge in [0.25, 0.3) is 0 Å². The van der Waals surface area contributed by atoms with Crippen LogP contribution in [0.4, 0.5) is 0 Å². The maximum atomic E-state index is 9.90. The van der Waals surface area contributed by atoms with Gasteiger partial charge in [0.15, 0.2) is 0 Å². The normalized spacial score (nSPS) is 12.4. The summed E-state index contributed by atoms with van der Waals surface area (Å²) < 4.78 is 1.72. The van der Waals surface area contributed by atoms with Crippen LogP contribution in [-0.2, 0) is 20.0 Å². The molecule has 0 unspecified atom stereocenters. The number of aromatic nitrogens is 2. The van der Waals surface area contributed by atoms with Crippen molar-refractivity contribution >= 4 is 11.6 Å². The zero-order valence-corrected chi connectivity index (χ0v) is 12.8. The third kappa shape index (κ3) is 3.97. The minimum atomic E-state index is -0.697. The number of hydrogen-bond donors (Lipinski definition) is 1. The molecule has 1 N–H and O–H groups in total. The van der Waals surface area contributed by atoms with Crippen molar-refractivity contribution in [2.75, 3.05) is 13.1 Å². The minimum absolute atomic E-state index is 0.623. The lowest BCUT2D eigenvalue weighted by molar-refractivity contribution is 0.0352. The Kier molecular flexibility index (Phi) is 5.20. The fourth-order valence-electron chi connectivity index (χ4n) is 2.09. The van der Waals surface area contributed by atoms with E-state index in [0.29, 0.717) is 11.7 Å². The molecule has 1 heterocycles. The standard InChI is InChI=1S/C13H24ClN3O/c1-6-11-10(12(14)16(5)15-11)8-17(7-2)9-13(3,4)18/h18H,6-9H2,1-5H3. The monoisotopic (exact) mass is 273 g/mol. The van der Waals surface area contributed by atoms with Crippen LogP contribution in [-0.4, -0.2) is 38.5 Å². The van der Waals surface area contributed by atoms with Crippen molar-refractivity contribution in [1.82, 2.24) is 14.7 Å². The fraction of sp³-hybridized carbons (Fsp3) is 0.769. The molecule has 0 bridgehead atoms. The predicted octanol–water partition coefficient (Wildman–Crippen LogP) is 2.23. The molecule has 0 spiro atoms. The Bertz CT molecular complexity index is 396. The molecule has 1 aromatic heterocycles. The summed E-state index contributed by atoms with van der Waals surface area (Å²) in [6.07, 6.45) is 0.871. The molecule has 0 radical (unpaired) electrons. The Morgan fingerprint density at radius 2 is 2.00 bits per heavy atom. The van der Waals surface area contributed by atoms with E-state index in [1.54, 1.807) is 4.68 Å². The highest BCUT2D eigenvalue weighted by Gasteiger charge is 2.21. The lowest BCUT2D eigenvalue weighted by Crippen LogP contribution is -2.38. The number of nitrogens with zero attached hydrogens (tertiary/aromatic N) is 3. The number of likely N-dealkylation sites (N-methyl/N-ethyl adjacent to an activating group) is 1. The molecule has 0 aromatic carbocycles. The highest BCUT2D eigenvalue weighted by molar-refractivity contribution is 6.30. The van der Waals surface area contributed by atoms with Gasteiger partial charge in [0.2, 0.25) is 0 Å². The van der Waals surface area contributed by atoms with Gasteiger partial charge in [0.05, 0.1) is 11.3 Å². The van der Waals surface area contributed by atoms with Gasteiger partial charge in [0, 0.05) is 25.7 Å². The third-order valence-corrected chi connectivity index (χ3v) is 3.40. The van der Waals surface area contributed by atoms with Gasteiger partial charge in [-0.05, 0) is 26.8 Å². The molecule has 0 atom stereocenters. The van der Waals surface area contributed by atoms with Gasteiger partial charge in [-0.3, -0.25) is 9.58 Å². The van der Waals surface area contributed by atoms with E-state index < -0.39 is 5.60 Å². The highest BCUT2D eigenvalue weighted by atomic mass is 35.5. The van der Waals surface area contributed by atoms with Crippen molar-refractivity contribution in [2.24, 2.45) is 7.05 Å². The van der Waals surface area contributed by atoms with E-state index in [1.165, 1.54) is 0 Å². The SMILES string of the molecule is CCc1nn(C)c(Cl)c1CN(CC)CC(C)(C)O. The van der Waals surface area contributed by atoms with Gasteiger partial charge in [-0.15, -0.1) is 0 Å². The Hall–Kier alpha value is -0.580. The molecule has 1 rings (SSSR count). The van der Waals surface area contributed by atoms with E-state index in [0.717, 1.165) is 30.8 Å². The molecule has 18 heavy (non-hydrogen) atoms. The first-order valence-electron chi connectivity index (χ1n) is 6.43. The highest BCUT2D eigenvalue weighted by Crippen LogP contribution is 2.22. The second kappa shape index (κ2) is 6.04. The van der Waals surface area contributed by atoms with E-state index in [1.807, 2.05) is 20.9 Å². The first-order chi connectivity index (χ1) is 8.28. The predicted molar refractivity (Wildman–Crippen MR) is 74.8 cm³/mol. The topological polar surface area (TPSA) is 41.3 Å². The molecule has 0 aliphatic rings. The number of aliphatic hydroxyl groups is 1. The average Bonchev–Trinajstić information content (AvgIpc) is 2.53. The van der Waals surface area contributed by atoms with Gasteiger partial charge in [0.1, 0.15) is 5.15 Å². The quantitative estimate of drug-likeness (QED) is 0.864. The molecular weight excluding hydrogens is 250 g/mol. The van der Waals surface area contributed by atoms with E-state index in [4.69, 9.17) is 11.6 Å². The molecule has 0 amide bonds. The van der Waals surface area contributed by atoms with Crippen molar-refractivity contribution < 1.29 is 5.11 Å². The van der Waals surface area contributed by atoms with Crippen molar-refractivity contribution in [1.29, 1.82) is 0 Å². The van der Waals surface area contributed by atoms with Crippen LogP contribution < -0.4 is 0 Å². The van der Waals surface area contributed by atoms with Gasteiger partial charge in [-0.25, -0.2) is 0 Å². The second-order valence-electron chi connectivity index (χ2n) is 5.31. The summed E-state index contributed by atoms with van der Waals surface area (Å²) in [5.74, 6) is 0. The van der Waals surface area contributed by atoms with Crippen molar-refractivity contribution in [3.8, 4) is 0 Å². The average molecular weight is 274 g/mol. The molecule has 0 fully saturated rings. The Balaban J connectivity index is 2.88. The summed E-state index contributed by atoms with van der Waals surface area (Å²) in [4.78, 5) is 2.18. The molecule has 0 aliphatic heterocycles. The lowest BCUT2D eigenvalue weighted by Gasteiger charge is -2.28. The number of halogens is 1. The lowest BCUT2D eigenvalue weighted by atomic mass is 10.1. The van der Waals surface area contributed by atoms with Gasteiger partial charge in [-0.1, -0.05) is 25.4 Å². The van der Waals surface area contributed by atoms with E-state index in [2.05, 4.69) is 23.8 Å².